The molecule has 3 nitrogen and oxygen atoms in total. The number of para-hydroxylation sites is 1. The van der Waals surface area contributed by atoms with Gasteiger partial charge in [0.1, 0.15) is 0 Å². The number of imidazole rings is 1. The highest BCUT2D eigenvalue weighted by molar-refractivity contribution is 5.41. The minimum Gasteiger partial charge on any atom is -0.311 e. The smallest absolute Gasteiger partial charge is 0.0995 e. The third kappa shape index (κ3) is 2.99. The molecule has 0 aliphatic heterocycles. The van der Waals surface area contributed by atoms with E-state index in [2.05, 4.69) is 59.2 Å². The largest absolute Gasteiger partial charge is 0.311 e. The van der Waals surface area contributed by atoms with Crippen molar-refractivity contribution in [3.8, 4) is 5.69 Å². The lowest BCUT2D eigenvalue weighted by molar-refractivity contribution is 0.713. The van der Waals surface area contributed by atoms with E-state index in [1.165, 1.54) is 11.3 Å². The van der Waals surface area contributed by atoms with Crippen LogP contribution in [0.3, 0.4) is 0 Å². The van der Waals surface area contributed by atoms with E-state index in [1.54, 1.807) is 0 Å². The first-order chi connectivity index (χ1) is 8.85. The van der Waals surface area contributed by atoms with Gasteiger partial charge in [-0.2, -0.15) is 0 Å². The minimum atomic E-state index is 0.833. The molecule has 0 fully saturated rings. The fraction of sp³-hybridized carbons (Fsp3) is 0.400. The molecule has 0 bridgehead atoms. The van der Waals surface area contributed by atoms with E-state index < -0.39 is 0 Å². The normalized spacial score (nSPS) is 10.8. The Hall–Kier alpha value is -1.61. The fourth-order valence-electron chi connectivity index (χ4n) is 2.08. The first-order valence-corrected chi connectivity index (χ1v) is 6.67. The van der Waals surface area contributed by atoms with Gasteiger partial charge in [0.25, 0.3) is 0 Å². The number of nitrogens with zero attached hydrogens (tertiary/aromatic N) is 2. The first-order valence-electron chi connectivity index (χ1n) is 6.67. The number of rotatable bonds is 6. The van der Waals surface area contributed by atoms with E-state index in [-0.39, 0.29) is 0 Å². The quantitative estimate of drug-likeness (QED) is 0.845. The molecule has 0 saturated heterocycles. The topological polar surface area (TPSA) is 29.9 Å². The Labute approximate surface area is 109 Å². The van der Waals surface area contributed by atoms with Crippen molar-refractivity contribution in [2.75, 3.05) is 6.54 Å². The van der Waals surface area contributed by atoms with Crippen LogP contribution in [-0.4, -0.2) is 16.1 Å². The second-order valence-corrected chi connectivity index (χ2v) is 4.43. The van der Waals surface area contributed by atoms with Gasteiger partial charge in [-0.3, -0.25) is 0 Å². The van der Waals surface area contributed by atoms with Gasteiger partial charge in [0, 0.05) is 18.4 Å². The SMILES string of the molecule is CCCc1ccccc1-n1cnc(CNCC)c1. The third-order valence-electron chi connectivity index (χ3n) is 2.98. The summed E-state index contributed by atoms with van der Waals surface area (Å²) in [6.45, 7) is 6.12. The van der Waals surface area contributed by atoms with Crippen LogP contribution >= 0.6 is 0 Å². The van der Waals surface area contributed by atoms with Crippen LogP contribution in [0.15, 0.2) is 36.8 Å². The monoisotopic (exact) mass is 243 g/mol. The number of aryl methyl sites for hydroxylation is 1. The average molecular weight is 243 g/mol. The van der Waals surface area contributed by atoms with E-state index in [9.17, 15) is 0 Å². The number of benzene rings is 1. The molecule has 1 N–H and O–H groups in total. The van der Waals surface area contributed by atoms with Gasteiger partial charge in [0.2, 0.25) is 0 Å². The van der Waals surface area contributed by atoms with Crippen molar-refractivity contribution in [1.29, 1.82) is 0 Å². The van der Waals surface area contributed by atoms with Crippen LogP contribution in [0.4, 0.5) is 0 Å². The van der Waals surface area contributed by atoms with Crippen LogP contribution in [0.2, 0.25) is 0 Å². The summed E-state index contributed by atoms with van der Waals surface area (Å²) < 4.78 is 2.12. The second kappa shape index (κ2) is 6.36. The minimum absolute atomic E-state index is 0.833. The zero-order valence-corrected chi connectivity index (χ0v) is 11.2. The van der Waals surface area contributed by atoms with Crippen molar-refractivity contribution in [3.63, 3.8) is 0 Å². The molecule has 0 unspecified atom stereocenters. The van der Waals surface area contributed by atoms with Gasteiger partial charge < -0.3 is 9.88 Å². The van der Waals surface area contributed by atoms with E-state index in [4.69, 9.17) is 0 Å². The molecule has 3 heteroatoms. The van der Waals surface area contributed by atoms with Crippen molar-refractivity contribution in [3.05, 3.63) is 48.0 Å². The third-order valence-corrected chi connectivity index (χ3v) is 2.98. The van der Waals surface area contributed by atoms with Crippen molar-refractivity contribution >= 4 is 0 Å². The Balaban J connectivity index is 2.22. The van der Waals surface area contributed by atoms with Crippen molar-refractivity contribution in [2.45, 2.75) is 33.2 Å². The van der Waals surface area contributed by atoms with Gasteiger partial charge in [-0.1, -0.05) is 38.5 Å². The molecule has 0 aliphatic rings. The summed E-state index contributed by atoms with van der Waals surface area (Å²) in [6, 6.07) is 8.54. The first kappa shape index (κ1) is 12.8. The highest BCUT2D eigenvalue weighted by atomic mass is 15.1. The Bertz CT molecular complexity index is 488. The Morgan fingerprint density at radius 2 is 2.06 bits per heavy atom. The highest BCUT2D eigenvalue weighted by Crippen LogP contribution is 2.16. The predicted octanol–water partition coefficient (Wildman–Crippen LogP) is 2.93. The average Bonchev–Trinajstić information content (AvgIpc) is 2.86. The lowest BCUT2D eigenvalue weighted by atomic mass is 10.1. The summed E-state index contributed by atoms with van der Waals surface area (Å²) in [7, 11) is 0. The molecule has 0 spiro atoms. The fourth-order valence-corrected chi connectivity index (χ4v) is 2.08. The van der Waals surface area contributed by atoms with Gasteiger partial charge >= 0.3 is 0 Å². The Morgan fingerprint density at radius 1 is 1.22 bits per heavy atom. The molecule has 0 aliphatic carbocycles. The Morgan fingerprint density at radius 3 is 2.83 bits per heavy atom. The summed E-state index contributed by atoms with van der Waals surface area (Å²) in [5, 5.41) is 3.29. The van der Waals surface area contributed by atoms with E-state index in [0.717, 1.165) is 31.6 Å². The van der Waals surface area contributed by atoms with Crippen LogP contribution in [0.5, 0.6) is 0 Å². The highest BCUT2D eigenvalue weighted by Gasteiger charge is 2.04. The standard InChI is InChI=1S/C15H21N3/c1-3-7-13-8-5-6-9-15(13)18-11-14(17-12-18)10-16-4-2/h5-6,8-9,11-12,16H,3-4,7,10H2,1-2H3. The van der Waals surface area contributed by atoms with E-state index >= 15 is 0 Å². The van der Waals surface area contributed by atoms with Crippen molar-refractivity contribution in [1.82, 2.24) is 14.9 Å². The van der Waals surface area contributed by atoms with E-state index in [1.807, 2.05) is 6.33 Å². The van der Waals surface area contributed by atoms with Crippen molar-refractivity contribution in [2.24, 2.45) is 0 Å². The zero-order valence-electron chi connectivity index (χ0n) is 11.2. The molecule has 96 valence electrons. The van der Waals surface area contributed by atoms with Gasteiger partial charge in [-0.15, -0.1) is 0 Å². The van der Waals surface area contributed by atoms with Gasteiger partial charge in [0.15, 0.2) is 0 Å². The van der Waals surface area contributed by atoms with Crippen molar-refractivity contribution < 1.29 is 0 Å². The summed E-state index contributed by atoms with van der Waals surface area (Å²) in [5.41, 5.74) is 3.71. The summed E-state index contributed by atoms with van der Waals surface area (Å²) in [6.07, 6.45) is 6.28. The maximum Gasteiger partial charge on any atom is 0.0995 e. The molecular formula is C15H21N3. The lowest BCUT2D eigenvalue weighted by Crippen LogP contribution is -2.11. The number of hydrogen-bond acceptors (Lipinski definition) is 2. The molecule has 1 aromatic carbocycles. The van der Waals surface area contributed by atoms with Gasteiger partial charge in [-0.05, 0) is 24.6 Å². The predicted molar refractivity (Wildman–Crippen MR) is 74.9 cm³/mol. The van der Waals surface area contributed by atoms with Crippen LogP contribution in [0.1, 0.15) is 31.5 Å². The molecule has 18 heavy (non-hydrogen) atoms. The summed E-state index contributed by atoms with van der Waals surface area (Å²) in [4.78, 5) is 4.43. The van der Waals surface area contributed by atoms with E-state index in [0.29, 0.717) is 0 Å². The maximum atomic E-state index is 4.43. The van der Waals surface area contributed by atoms with Gasteiger partial charge in [-0.25, -0.2) is 4.98 Å². The van der Waals surface area contributed by atoms with Crippen LogP contribution in [0, 0.1) is 0 Å². The number of hydrogen-bond donors (Lipinski definition) is 1. The molecule has 0 saturated carbocycles. The summed E-state index contributed by atoms with van der Waals surface area (Å²) >= 11 is 0. The molecule has 0 radical (unpaired) electrons. The Kier molecular flexibility index (Phi) is 4.53. The number of nitrogens with one attached hydrogen (secondary N) is 1. The molecule has 2 rings (SSSR count). The molecule has 2 aromatic rings. The molecular weight excluding hydrogens is 222 g/mol. The van der Waals surface area contributed by atoms with Crippen LogP contribution in [-0.2, 0) is 13.0 Å². The van der Waals surface area contributed by atoms with Gasteiger partial charge in [0.05, 0.1) is 12.0 Å². The zero-order chi connectivity index (χ0) is 12.8. The number of aromatic nitrogens is 2. The molecule has 0 amide bonds. The second-order valence-electron chi connectivity index (χ2n) is 4.43. The molecule has 1 heterocycles. The maximum absolute atomic E-state index is 4.43. The molecule has 1 aromatic heterocycles. The lowest BCUT2D eigenvalue weighted by Gasteiger charge is -2.08. The van der Waals surface area contributed by atoms with Crippen LogP contribution < -0.4 is 5.32 Å². The summed E-state index contributed by atoms with van der Waals surface area (Å²) in [5.74, 6) is 0. The molecule has 0 atom stereocenters. The van der Waals surface area contributed by atoms with Crippen LogP contribution in [0.25, 0.3) is 5.69 Å².